The SMILES string of the molecule is CNC1C(CN(C)CC2CCCCO2)CCC1(C)C. The molecule has 0 spiro atoms. The molecule has 1 saturated carbocycles. The van der Waals surface area contributed by atoms with E-state index in [1.807, 2.05) is 0 Å². The maximum atomic E-state index is 5.85. The molecule has 2 fully saturated rings. The van der Waals surface area contributed by atoms with Crippen molar-refractivity contribution in [3.8, 4) is 0 Å². The van der Waals surface area contributed by atoms with Crippen molar-refractivity contribution in [3.63, 3.8) is 0 Å². The standard InChI is InChI=1S/C16H32N2O/c1-16(2)9-8-13(15(16)17-3)11-18(4)12-14-7-5-6-10-19-14/h13-15,17H,5-12H2,1-4H3. The number of hydrogen-bond donors (Lipinski definition) is 1. The average Bonchev–Trinajstić information content (AvgIpc) is 2.65. The molecule has 3 unspecified atom stereocenters. The van der Waals surface area contributed by atoms with E-state index in [9.17, 15) is 0 Å². The van der Waals surface area contributed by atoms with Gasteiger partial charge in [0.25, 0.3) is 0 Å². The molecule has 0 amide bonds. The second-order valence-corrected chi connectivity index (χ2v) is 7.26. The predicted molar refractivity (Wildman–Crippen MR) is 80.4 cm³/mol. The highest BCUT2D eigenvalue weighted by Gasteiger charge is 2.41. The Morgan fingerprint density at radius 3 is 2.63 bits per heavy atom. The van der Waals surface area contributed by atoms with E-state index in [0.717, 1.165) is 19.1 Å². The Morgan fingerprint density at radius 1 is 1.21 bits per heavy atom. The normalized spacial score (nSPS) is 34.9. The average molecular weight is 268 g/mol. The molecule has 2 aliphatic rings. The second-order valence-electron chi connectivity index (χ2n) is 7.26. The van der Waals surface area contributed by atoms with Crippen LogP contribution in [-0.4, -0.2) is 50.8 Å². The largest absolute Gasteiger partial charge is 0.377 e. The van der Waals surface area contributed by atoms with Crippen molar-refractivity contribution in [2.24, 2.45) is 11.3 Å². The summed E-state index contributed by atoms with van der Waals surface area (Å²) in [6.07, 6.45) is 7.01. The molecule has 19 heavy (non-hydrogen) atoms. The van der Waals surface area contributed by atoms with Gasteiger partial charge in [-0.25, -0.2) is 0 Å². The summed E-state index contributed by atoms with van der Waals surface area (Å²) in [5.74, 6) is 0.786. The molecule has 0 aromatic rings. The molecule has 0 aromatic carbocycles. The lowest BCUT2D eigenvalue weighted by molar-refractivity contribution is -0.00415. The van der Waals surface area contributed by atoms with Gasteiger partial charge in [0.15, 0.2) is 0 Å². The van der Waals surface area contributed by atoms with E-state index in [0.29, 0.717) is 17.6 Å². The number of nitrogens with zero attached hydrogens (tertiary/aromatic N) is 1. The number of rotatable bonds is 5. The Labute approximate surface area is 119 Å². The number of hydrogen-bond acceptors (Lipinski definition) is 3. The van der Waals surface area contributed by atoms with Gasteiger partial charge in [0.2, 0.25) is 0 Å². The first kappa shape index (κ1) is 15.3. The molecule has 3 atom stereocenters. The van der Waals surface area contributed by atoms with Crippen molar-refractivity contribution in [2.75, 3.05) is 33.8 Å². The van der Waals surface area contributed by atoms with Crippen LogP contribution in [0.1, 0.15) is 46.0 Å². The van der Waals surface area contributed by atoms with Gasteiger partial charge in [-0.3, -0.25) is 0 Å². The first-order valence-corrected chi connectivity index (χ1v) is 8.00. The van der Waals surface area contributed by atoms with Crippen molar-refractivity contribution in [1.82, 2.24) is 10.2 Å². The van der Waals surface area contributed by atoms with Crippen LogP contribution in [0.5, 0.6) is 0 Å². The highest BCUT2D eigenvalue weighted by Crippen LogP contribution is 2.41. The predicted octanol–water partition coefficient (Wildman–Crippen LogP) is 2.51. The summed E-state index contributed by atoms with van der Waals surface area (Å²) in [4.78, 5) is 2.49. The smallest absolute Gasteiger partial charge is 0.0701 e. The van der Waals surface area contributed by atoms with Crippen molar-refractivity contribution in [1.29, 1.82) is 0 Å². The maximum Gasteiger partial charge on any atom is 0.0701 e. The maximum absolute atomic E-state index is 5.85. The van der Waals surface area contributed by atoms with Gasteiger partial charge >= 0.3 is 0 Å². The Morgan fingerprint density at radius 2 is 2.00 bits per heavy atom. The fourth-order valence-electron chi connectivity index (χ4n) is 4.11. The topological polar surface area (TPSA) is 24.5 Å². The molecule has 1 heterocycles. The molecular weight excluding hydrogens is 236 g/mol. The molecule has 0 bridgehead atoms. The highest BCUT2D eigenvalue weighted by atomic mass is 16.5. The summed E-state index contributed by atoms with van der Waals surface area (Å²) in [7, 11) is 4.38. The lowest BCUT2D eigenvalue weighted by Crippen LogP contribution is -2.44. The van der Waals surface area contributed by atoms with Crippen molar-refractivity contribution in [2.45, 2.75) is 58.1 Å². The quantitative estimate of drug-likeness (QED) is 0.829. The summed E-state index contributed by atoms with van der Waals surface area (Å²) < 4.78 is 5.85. The molecule has 112 valence electrons. The molecule has 1 N–H and O–H groups in total. The lowest BCUT2D eigenvalue weighted by Gasteiger charge is -2.34. The summed E-state index contributed by atoms with van der Waals surface area (Å²) in [6, 6.07) is 0.655. The molecule has 0 aromatic heterocycles. The van der Waals surface area contributed by atoms with Crippen LogP contribution < -0.4 is 5.32 Å². The van der Waals surface area contributed by atoms with Crippen LogP contribution in [0, 0.1) is 11.3 Å². The van der Waals surface area contributed by atoms with Crippen LogP contribution >= 0.6 is 0 Å². The van der Waals surface area contributed by atoms with Crippen molar-refractivity contribution >= 4 is 0 Å². The third-order valence-electron chi connectivity index (χ3n) is 5.12. The Hall–Kier alpha value is -0.120. The third kappa shape index (κ3) is 3.93. The van der Waals surface area contributed by atoms with E-state index >= 15 is 0 Å². The second kappa shape index (κ2) is 6.55. The molecule has 3 nitrogen and oxygen atoms in total. The van der Waals surface area contributed by atoms with E-state index in [1.165, 1.54) is 38.6 Å². The Kier molecular flexibility index (Phi) is 5.27. The first-order chi connectivity index (χ1) is 9.03. The molecule has 3 heteroatoms. The number of ether oxygens (including phenoxy) is 1. The zero-order valence-electron chi connectivity index (χ0n) is 13.2. The molecule has 1 aliphatic heterocycles. The summed E-state index contributed by atoms with van der Waals surface area (Å²) in [6.45, 7) is 8.08. The molecular formula is C16H32N2O. The Balaban J connectivity index is 1.79. The van der Waals surface area contributed by atoms with Crippen LogP contribution in [0.25, 0.3) is 0 Å². The third-order valence-corrected chi connectivity index (χ3v) is 5.12. The number of nitrogens with one attached hydrogen (secondary N) is 1. The number of likely N-dealkylation sites (N-methyl/N-ethyl adjacent to an activating group) is 1. The zero-order chi connectivity index (χ0) is 13.9. The lowest BCUT2D eigenvalue weighted by atomic mass is 9.85. The van der Waals surface area contributed by atoms with E-state index in [-0.39, 0.29) is 0 Å². The van der Waals surface area contributed by atoms with Crippen LogP contribution in [0.3, 0.4) is 0 Å². The fraction of sp³-hybridized carbons (Fsp3) is 1.00. The molecule has 1 aliphatic carbocycles. The van der Waals surface area contributed by atoms with Gasteiger partial charge in [0.05, 0.1) is 6.10 Å². The van der Waals surface area contributed by atoms with Crippen LogP contribution in [0.4, 0.5) is 0 Å². The van der Waals surface area contributed by atoms with Crippen LogP contribution in [0.15, 0.2) is 0 Å². The van der Waals surface area contributed by atoms with Gasteiger partial charge < -0.3 is 15.0 Å². The van der Waals surface area contributed by atoms with Crippen LogP contribution in [0.2, 0.25) is 0 Å². The van der Waals surface area contributed by atoms with E-state index in [2.05, 4.69) is 38.2 Å². The van der Waals surface area contributed by atoms with Gasteiger partial charge in [-0.15, -0.1) is 0 Å². The van der Waals surface area contributed by atoms with E-state index < -0.39 is 0 Å². The van der Waals surface area contributed by atoms with Crippen molar-refractivity contribution < 1.29 is 4.74 Å². The molecule has 0 radical (unpaired) electrons. The van der Waals surface area contributed by atoms with Gasteiger partial charge in [0.1, 0.15) is 0 Å². The minimum Gasteiger partial charge on any atom is -0.377 e. The Bertz CT molecular complexity index is 274. The summed E-state index contributed by atoms with van der Waals surface area (Å²) in [5, 5.41) is 3.56. The highest BCUT2D eigenvalue weighted by molar-refractivity contribution is 4.96. The van der Waals surface area contributed by atoms with E-state index in [1.54, 1.807) is 0 Å². The van der Waals surface area contributed by atoms with Gasteiger partial charge in [-0.2, -0.15) is 0 Å². The summed E-state index contributed by atoms with van der Waals surface area (Å²) >= 11 is 0. The molecule has 1 saturated heterocycles. The van der Waals surface area contributed by atoms with Gasteiger partial charge in [-0.1, -0.05) is 13.8 Å². The monoisotopic (exact) mass is 268 g/mol. The van der Waals surface area contributed by atoms with Gasteiger partial charge in [0, 0.05) is 25.7 Å². The molecule has 2 rings (SSSR count). The minimum absolute atomic E-state index is 0.446. The van der Waals surface area contributed by atoms with E-state index in [4.69, 9.17) is 4.74 Å². The van der Waals surface area contributed by atoms with Crippen molar-refractivity contribution in [3.05, 3.63) is 0 Å². The fourth-order valence-corrected chi connectivity index (χ4v) is 4.11. The zero-order valence-corrected chi connectivity index (χ0v) is 13.2. The first-order valence-electron chi connectivity index (χ1n) is 8.00. The van der Waals surface area contributed by atoms with Gasteiger partial charge in [-0.05, 0) is 57.5 Å². The summed E-state index contributed by atoms with van der Waals surface area (Å²) in [5.41, 5.74) is 0.446. The van der Waals surface area contributed by atoms with Crippen LogP contribution in [-0.2, 0) is 4.74 Å². The minimum atomic E-state index is 0.446.